The summed E-state index contributed by atoms with van der Waals surface area (Å²) in [7, 11) is 0. The Hall–Kier alpha value is -3.41. The Bertz CT molecular complexity index is 944. The number of ether oxygens (including phenoxy) is 1. The Morgan fingerprint density at radius 1 is 1.00 bits per heavy atom. The summed E-state index contributed by atoms with van der Waals surface area (Å²) in [6.45, 7) is 5.46. The number of amides is 1. The van der Waals surface area contributed by atoms with Crippen LogP contribution < -0.4 is 5.32 Å². The summed E-state index contributed by atoms with van der Waals surface area (Å²) >= 11 is 0. The van der Waals surface area contributed by atoms with E-state index in [-0.39, 0.29) is 5.91 Å². The smallest absolute Gasteiger partial charge is 0.338 e. The van der Waals surface area contributed by atoms with Gasteiger partial charge in [0.2, 0.25) is 0 Å². The van der Waals surface area contributed by atoms with Gasteiger partial charge in [0.05, 0.1) is 11.3 Å². The molecule has 0 spiro atoms. The number of hydrogen-bond donors (Lipinski definition) is 1. The van der Waals surface area contributed by atoms with E-state index in [9.17, 15) is 9.59 Å². The molecule has 1 heterocycles. The van der Waals surface area contributed by atoms with Gasteiger partial charge in [-0.15, -0.1) is 0 Å². The fraction of sp³-hybridized carbons (Fsp3) is 0.190. The predicted molar refractivity (Wildman–Crippen MR) is 103 cm³/mol. The second-order valence-corrected chi connectivity index (χ2v) is 6.33. The number of rotatable bonds is 5. The van der Waals surface area contributed by atoms with Gasteiger partial charge in [0, 0.05) is 17.6 Å². The van der Waals surface area contributed by atoms with Crippen LogP contribution in [0.1, 0.15) is 28.5 Å². The molecule has 27 heavy (non-hydrogen) atoms. The number of aromatic nitrogens is 2. The van der Waals surface area contributed by atoms with Crippen molar-refractivity contribution < 1.29 is 14.3 Å². The summed E-state index contributed by atoms with van der Waals surface area (Å²) in [6, 6.07) is 16.2. The average Bonchev–Trinajstić information content (AvgIpc) is 3.09. The number of esters is 1. The molecule has 3 rings (SSSR count). The SMILES string of the molecule is Cc1ccc(NC(=O)[C@H](C)OC(=O)c2ccc(-n3nccc3C)cc2)cc1. The molecule has 0 radical (unpaired) electrons. The van der Waals surface area contributed by atoms with Crippen LogP contribution in [0.25, 0.3) is 5.69 Å². The maximum Gasteiger partial charge on any atom is 0.338 e. The number of carbonyl (C=O) groups excluding carboxylic acids is 2. The molecule has 0 aliphatic rings. The van der Waals surface area contributed by atoms with Crippen molar-refractivity contribution in [2.45, 2.75) is 26.9 Å². The van der Waals surface area contributed by atoms with Crippen molar-refractivity contribution in [1.82, 2.24) is 9.78 Å². The first-order valence-corrected chi connectivity index (χ1v) is 8.63. The van der Waals surface area contributed by atoms with E-state index in [1.54, 1.807) is 54.2 Å². The van der Waals surface area contributed by atoms with Crippen molar-refractivity contribution in [3.8, 4) is 5.69 Å². The number of aryl methyl sites for hydroxylation is 2. The second kappa shape index (κ2) is 7.86. The highest BCUT2D eigenvalue weighted by Gasteiger charge is 2.19. The van der Waals surface area contributed by atoms with E-state index in [0.717, 1.165) is 16.9 Å². The molecule has 0 saturated heterocycles. The molecule has 138 valence electrons. The fourth-order valence-electron chi connectivity index (χ4n) is 2.54. The van der Waals surface area contributed by atoms with Crippen LogP contribution in [0.3, 0.4) is 0 Å². The first kappa shape index (κ1) is 18.4. The zero-order valence-electron chi connectivity index (χ0n) is 15.5. The molecule has 0 unspecified atom stereocenters. The van der Waals surface area contributed by atoms with Crippen LogP contribution in [-0.2, 0) is 9.53 Å². The Morgan fingerprint density at radius 2 is 1.67 bits per heavy atom. The van der Waals surface area contributed by atoms with Gasteiger partial charge in [-0.05, 0) is 63.2 Å². The molecular weight excluding hydrogens is 342 g/mol. The summed E-state index contributed by atoms with van der Waals surface area (Å²) < 4.78 is 7.05. The van der Waals surface area contributed by atoms with Crippen LogP contribution >= 0.6 is 0 Å². The Labute approximate surface area is 157 Å². The molecule has 0 fully saturated rings. The van der Waals surface area contributed by atoms with E-state index < -0.39 is 12.1 Å². The standard InChI is InChI=1S/C21H21N3O3/c1-14-4-8-18(9-5-14)23-20(25)16(3)27-21(26)17-6-10-19(11-7-17)24-15(2)12-13-22-24/h4-13,16H,1-3H3,(H,23,25)/t16-/m0/s1. The normalized spacial score (nSPS) is 11.7. The third kappa shape index (κ3) is 4.41. The lowest BCUT2D eigenvalue weighted by atomic mass is 10.2. The van der Waals surface area contributed by atoms with Crippen molar-refractivity contribution in [2.75, 3.05) is 5.32 Å². The molecule has 1 amide bonds. The van der Waals surface area contributed by atoms with Gasteiger partial charge < -0.3 is 10.1 Å². The van der Waals surface area contributed by atoms with Gasteiger partial charge in [-0.2, -0.15) is 5.10 Å². The lowest BCUT2D eigenvalue weighted by Gasteiger charge is -2.14. The summed E-state index contributed by atoms with van der Waals surface area (Å²) in [5.41, 5.74) is 3.97. The Kier molecular flexibility index (Phi) is 5.35. The Balaban J connectivity index is 1.61. The highest BCUT2D eigenvalue weighted by molar-refractivity contribution is 5.97. The van der Waals surface area contributed by atoms with Gasteiger partial charge in [-0.3, -0.25) is 4.79 Å². The van der Waals surface area contributed by atoms with Crippen LogP contribution in [0, 0.1) is 13.8 Å². The molecule has 0 saturated carbocycles. The van der Waals surface area contributed by atoms with Crippen molar-refractivity contribution in [3.05, 3.63) is 77.6 Å². The highest BCUT2D eigenvalue weighted by atomic mass is 16.5. The molecule has 0 bridgehead atoms. The monoisotopic (exact) mass is 363 g/mol. The first-order valence-electron chi connectivity index (χ1n) is 8.63. The highest BCUT2D eigenvalue weighted by Crippen LogP contribution is 2.14. The van der Waals surface area contributed by atoms with Gasteiger partial charge >= 0.3 is 5.97 Å². The van der Waals surface area contributed by atoms with Crippen molar-refractivity contribution in [2.24, 2.45) is 0 Å². The van der Waals surface area contributed by atoms with Gasteiger partial charge in [0.1, 0.15) is 0 Å². The van der Waals surface area contributed by atoms with Gasteiger partial charge in [0.25, 0.3) is 5.91 Å². The topological polar surface area (TPSA) is 73.2 Å². The molecular formula is C21H21N3O3. The number of benzene rings is 2. The minimum atomic E-state index is -0.910. The zero-order chi connectivity index (χ0) is 19.4. The zero-order valence-corrected chi connectivity index (χ0v) is 15.5. The number of carbonyl (C=O) groups is 2. The summed E-state index contributed by atoms with van der Waals surface area (Å²) in [5, 5.41) is 6.96. The van der Waals surface area contributed by atoms with E-state index in [4.69, 9.17) is 4.74 Å². The predicted octanol–water partition coefficient (Wildman–Crippen LogP) is 3.67. The minimum absolute atomic E-state index is 0.374. The van der Waals surface area contributed by atoms with E-state index in [0.29, 0.717) is 11.3 Å². The number of anilines is 1. The third-order valence-electron chi connectivity index (χ3n) is 4.15. The number of nitrogens with zero attached hydrogens (tertiary/aromatic N) is 2. The third-order valence-corrected chi connectivity index (χ3v) is 4.15. The van der Waals surface area contributed by atoms with E-state index >= 15 is 0 Å². The van der Waals surface area contributed by atoms with E-state index in [1.165, 1.54) is 0 Å². The average molecular weight is 363 g/mol. The van der Waals surface area contributed by atoms with Crippen LogP contribution in [0.5, 0.6) is 0 Å². The molecule has 1 N–H and O–H groups in total. The lowest BCUT2D eigenvalue weighted by molar-refractivity contribution is -0.123. The quantitative estimate of drug-likeness (QED) is 0.702. The second-order valence-electron chi connectivity index (χ2n) is 6.33. The number of nitrogens with one attached hydrogen (secondary N) is 1. The molecule has 1 atom stereocenters. The first-order chi connectivity index (χ1) is 12.9. The largest absolute Gasteiger partial charge is 0.449 e. The summed E-state index contributed by atoms with van der Waals surface area (Å²) in [5.74, 6) is -0.929. The molecule has 0 aliphatic heterocycles. The van der Waals surface area contributed by atoms with Crippen LogP contribution in [0.4, 0.5) is 5.69 Å². The van der Waals surface area contributed by atoms with Crippen molar-refractivity contribution in [3.63, 3.8) is 0 Å². The summed E-state index contributed by atoms with van der Waals surface area (Å²) in [6.07, 6.45) is 0.804. The van der Waals surface area contributed by atoms with Crippen LogP contribution in [0.2, 0.25) is 0 Å². The van der Waals surface area contributed by atoms with Gasteiger partial charge in [-0.1, -0.05) is 17.7 Å². The molecule has 3 aromatic rings. The molecule has 2 aromatic carbocycles. The summed E-state index contributed by atoms with van der Waals surface area (Å²) in [4.78, 5) is 24.5. The number of hydrogen-bond acceptors (Lipinski definition) is 4. The Morgan fingerprint density at radius 3 is 2.26 bits per heavy atom. The van der Waals surface area contributed by atoms with Crippen LogP contribution in [0.15, 0.2) is 60.8 Å². The molecule has 1 aromatic heterocycles. The van der Waals surface area contributed by atoms with Crippen LogP contribution in [-0.4, -0.2) is 27.8 Å². The van der Waals surface area contributed by atoms with Crippen molar-refractivity contribution in [1.29, 1.82) is 0 Å². The van der Waals surface area contributed by atoms with Gasteiger partial charge in [0.15, 0.2) is 6.10 Å². The molecule has 0 aliphatic carbocycles. The lowest BCUT2D eigenvalue weighted by Crippen LogP contribution is -2.30. The fourth-order valence-corrected chi connectivity index (χ4v) is 2.54. The van der Waals surface area contributed by atoms with E-state index in [1.807, 2.05) is 32.0 Å². The molecule has 6 heteroatoms. The maximum atomic E-state index is 12.3. The van der Waals surface area contributed by atoms with Crippen molar-refractivity contribution >= 4 is 17.6 Å². The maximum absolute atomic E-state index is 12.3. The van der Waals surface area contributed by atoms with Gasteiger partial charge in [-0.25, -0.2) is 9.48 Å². The molecule has 6 nitrogen and oxygen atoms in total. The van der Waals surface area contributed by atoms with E-state index in [2.05, 4.69) is 10.4 Å². The minimum Gasteiger partial charge on any atom is -0.449 e.